The van der Waals surface area contributed by atoms with E-state index in [0.717, 1.165) is 16.6 Å². The fourth-order valence-corrected chi connectivity index (χ4v) is 2.03. The van der Waals surface area contributed by atoms with Crippen LogP contribution in [0, 0.1) is 6.92 Å². The van der Waals surface area contributed by atoms with Gasteiger partial charge in [-0.1, -0.05) is 36.4 Å². The SMILES string of the molecule is Cc1ccccc1N=Cc1oc(O)c2ccccc12. The Morgan fingerprint density at radius 2 is 1.68 bits per heavy atom. The first-order chi connectivity index (χ1) is 9.25. The Morgan fingerprint density at radius 1 is 1.00 bits per heavy atom. The second-order valence-electron chi connectivity index (χ2n) is 4.36. The number of rotatable bonds is 2. The first-order valence-electron chi connectivity index (χ1n) is 6.06. The molecule has 19 heavy (non-hydrogen) atoms. The molecule has 0 spiro atoms. The monoisotopic (exact) mass is 251 g/mol. The standard InChI is InChI=1S/C16H13NO2/c1-11-6-2-5-9-14(11)17-10-15-12-7-3-4-8-13(12)16(18)19-15/h2-10,18H,1H3. The van der Waals surface area contributed by atoms with Crippen LogP contribution in [0.2, 0.25) is 0 Å². The summed E-state index contributed by atoms with van der Waals surface area (Å²) in [5.41, 5.74) is 1.99. The summed E-state index contributed by atoms with van der Waals surface area (Å²) in [5.74, 6) is 0.498. The van der Waals surface area contributed by atoms with Gasteiger partial charge < -0.3 is 9.52 Å². The number of fused-ring (bicyclic) bond motifs is 1. The number of aromatic hydroxyl groups is 1. The molecule has 1 heterocycles. The Kier molecular flexibility index (Phi) is 2.80. The quantitative estimate of drug-likeness (QED) is 0.694. The van der Waals surface area contributed by atoms with Crippen LogP contribution in [0.1, 0.15) is 11.3 Å². The number of benzene rings is 2. The number of aryl methyl sites for hydroxylation is 1. The molecule has 3 aromatic rings. The molecule has 0 fully saturated rings. The number of hydrogen-bond acceptors (Lipinski definition) is 3. The Labute approximate surface area is 110 Å². The first-order valence-corrected chi connectivity index (χ1v) is 6.06. The molecule has 0 aliphatic rings. The van der Waals surface area contributed by atoms with E-state index in [1.165, 1.54) is 0 Å². The van der Waals surface area contributed by atoms with Crippen LogP contribution in [0.25, 0.3) is 10.8 Å². The average molecular weight is 251 g/mol. The Balaban J connectivity index is 2.05. The summed E-state index contributed by atoms with van der Waals surface area (Å²) in [6.45, 7) is 2.00. The largest absolute Gasteiger partial charge is 0.480 e. The van der Waals surface area contributed by atoms with E-state index in [9.17, 15) is 5.11 Å². The highest BCUT2D eigenvalue weighted by atomic mass is 16.5. The number of aliphatic imine (C=N–C) groups is 1. The predicted molar refractivity (Wildman–Crippen MR) is 76.3 cm³/mol. The number of furan rings is 1. The van der Waals surface area contributed by atoms with Gasteiger partial charge in [-0.25, -0.2) is 0 Å². The van der Waals surface area contributed by atoms with E-state index in [1.807, 2.05) is 55.5 Å². The highest BCUT2D eigenvalue weighted by Crippen LogP contribution is 2.30. The van der Waals surface area contributed by atoms with Crippen molar-refractivity contribution in [2.75, 3.05) is 0 Å². The molecular formula is C16H13NO2. The molecule has 0 aliphatic heterocycles. The van der Waals surface area contributed by atoms with Crippen LogP contribution in [0.5, 0.6) is 5.95 Å². The van der Waals surface area contributed by atoms with Crippen LogP contribution in [-0.2, 0) is 0 Å². The topological polar surface area (TPSA) is 45.7 Å². The highest BCUT2D eigenvalue weighted by Gasteiger charge is 2.09. The Hall–Kier alpha value is -2.55. The molecule has 0 bridgehead atoms. The molecule has 0 atom stereocenters. The fraction of sp³-hybridized carbons (Fsp3) is 0.0625. The van der Waals surface area contributed by atoms with Gasteiger partial charge in [0.15, 0.2) is 5.76 Å². The van der Waals surface area contributed by atoms with Crippen LogP contribution in [-0.4, -0.2) is 11.3 Å². The molecule has 0 amide bonds. The molecule has 0 unspecified atom stereocenters. The summed E-state index contributed by atoms with van der Waals surface area (Å²) >= 11 is 0. The third-order valence-corrected chi connectivity index (χ3v) is 3.07. The van der Waals surface area contributed by atoms with Gasteiger partial charge in [-0.3, -0.25) is 4.99 Å². The van der Waals surface area contributed by atoms with Gasteiger partial charge in [0.1, 0.15) is 0 Å². The van der Waals surface area contributed by atoms with E-state index in [4.69, 9.17) is 4.42 Å². The lowest BCUT2D eigenvalue weighted by Crippen LogP contribution is -1.78. The second kappa shape index (κ2) is 4.61. The lowest BCUT2D eigenvalue weighted by Gasteiger charge is -1.97. The lowest BCUT2D eigenvalue weighted by molar-refractivity contribution is 0.336. The molecular weight excluding hydrogens is 238 g/mol. The summed E-state index contributed by atoms with van der Waals surface area (Å²) < 4.78 is 5.33. The van der Waals surface area contributed by atoms with Crippen molar-refractivity contribution < 1.29 is 9.52 Å². The Bertz CT molecular complexity index is 756. The van der Waals surface area contributed by atoms with E-state index in [0.29, 0.717) is 11.1 Å². The van der Waals surface area contributed by atoms with Crippen molar-refractivity contribution in [1.29, 1.82) is 0 Å². The third-order valence-electron chi connectivity index (χ3n) is 3.07. The molecule has 94 valence electrons. The van der Waals surface area contributed by atoms with E-state index in [2.05, 4.69) is 4.99 Å². The van der Waals surface area contributed by atoms with Crippen LogP contribution < -0.4 is 0 Å². The molecule has 2 aromatic carbocycles. The zero-order valence-corrected chi connectivity index (χ0v) is 10.5. The third kappa shape index (κ3) is 2.10. The minimum Gasteiger partial charge on any atom is -0.480 e. The van der Waals surface area contributed by atoms with Gasteiger partial charge in [-0.2, -0.15) is 0 Å². The summed E-state index contributed by atoms with van der Waals surface area (Å²) in [6.07, 6.45) is 1.64. The van der Waals surface area contributed by atoms with E-state index in [-0.39, 0.29) is 5.95 Å². The van der Waals surface area contributed by atoms with Crippen molar-refractivity contribution in [3.05, 3.63) is 59.9 Å². The van der Waals surface area contributed by atoms with Gasteiger partial charge in [0.2, 0.25) is 0 Å². The van der Waals surface area contributed by atoms with Crippen molar-refractivity contribution >= 4 is 22.7 Å². The molecule has 3 heteroatoms. The zero-order valence-electron chi connectivity index (χ0n) is 10.5. The molecule has 3 nitrogen and oxygen atoms in total. The molecule has 0 saturated carbocycles. The van der Waals surface area contributed by atoms with Crippen molar-refractivity contribution in [2.45, 2.75) is 6.92 Å². The van der Waals surface area contributed by atoms with Crippen molar-refractivity contribution in [2.24, 2.45) is 4.99 Å². The number of hydrogen-bond donors (Lipinski definition) is 1. The van der Waals surface area contributed by atoms with E-state index < -0.39 is 0 Å². The normalized spacial score (nSPS) is 11.4. The second-order valence-corrected chi connectivity index (χ2v) is 4.36. The van der Waals surface area contributed by atoms with Crippen molar-refractivity contribution in [1.82, 2.24) is 0 Å². The van der Waals surface area contributed by atoms with E-state index in [1.54, 1.807) is 6.21 Å². The first kappa shape index (κ1) is 11.5. The van der Waals surface area contributed by atoms with Crippen LogP contribution in [0.3, 0.4) is 0 Å². The fourth-order valence-electron chi connectivity index (χ4n) is 2.03. The van der Waals surface area contributed by atoms with Gasteiger partial charge in [0.05, 0.1) is 17.3 Å². The summed E-state index contributed by atoms with van der Waals surface area (Å²) in [6, 6.07) is 15.3. The van der Waals surface area contributed by atoms with Gasteiger partial charge in [0, 0.05) is 5.39 Å². The molecule has 0 radical (unpaired) electrons. The maximum Gasteiger partial charge on any atom is 0.290 e. The number of para-hydroxylation sites is 1. The van der Waals surface area contributed by atoms with E-state index >= 15 is 0 Å². The molecule has 0 saturated heterocycles. The Morgan fingerprint density at radius 3 is 2.47 bits per heavy atom. The summed E-state index contributed by atoms with van der Waals surface area (Å²) in [4.78, 5) is 4.41. The predicted octanol–water partition coefficient (Wildman–Crippen LogP) is 4.20. The van der Waals surface area contributed by atoms with Crippen LogP contribution in [0.4, 0.5) is 5.69 Å². The van der Waals surface area contributed by atoms with Crippen molar-refractivity contribution in [3.8, 4) is 5.95 Å². The van der Waals surface area contributed by atoms with Gasteiger partial charge in [-0.05, 0) is 24.6 Å². The molecule has 1 N–H and O–H groups in total. The van der Waals surface area contributed by atoms with Crippen LogP contribution in [0.15, 0.2) is 57.9 Å². The molecule has 0 aliphatic carbocycles. The molecule has 1 aromatic heterocycles. The summed E-state index contributed by atoms with van der Waals surface area (Å²) in [7, 11) is 0. The smallest absolute Gasteiger partial charge is 0.290 e. The van der Waals surface area contributed by atoms with Gasteiger partial charge in [-0.15, -0.1) is 0 Å². The lowest BCUT2D eigenvalue weighted by atomic mass is 10.2. The van der Waals surface area contributed by atoms with Crippen molar-refractivity contribution in [3.63, 3.8) is 0 Å². The minimum atomic E-state index is -0.0677. The maximum atomic E-state index is 9.72. The van der Waals surface area contributed by atoms with Gasteiger partial charge in [0.25, 0.3) is 5.95 Å². The zero-order chi connectivity index (χ0) is 13.2. The minimum absolute atomic E-state index is 0.0677. The average Bonchev–Trinajstić information content (AvgIpc) is 2.75. The highest BCUT2D eigenvalue weighted by molar-refractivity contribution is 6.00. The molecule has 3 rings (SSSR count). The van der Waals surface area contributed by atoms with Crippen LogP contribution >= 0.6 is 0 Å². The maximum absolute atomic E-state index is 9.72. The number of nitrogens with zero attached hydrogens (tertiary/aromatic N) is 1. The van der Waals surface area contributed by atoms with Gasteiger partial charge >= 0.3 is 0 Å². The summed E-state index contributed by atoms with van der Waals surface area (Å²) in [5, 5.41) is 11.3.